The molecule has 0 aliphatic heterocycles. The van der Waals surface area contributed by atoms with E-state index >= 15 is 0 Å². The van der Waals surface area contributed by atoms with Crippen molar-refractivity contribution in [2.45, 2.75) is 26.0 Å². The third-order valence-corrected chi connectivity index (χ3v) is 9.82. The molecule has 0 fully saturated rings. The van der Waals surface area contributed by atoms with Gasteiger partial charge in [-0.2, -0.15) is 0 Å². The van der Waals surface area contributed by atoms with Crippen LogP contribution in [-0.4, -0.2) is 64.0 Å². The fourth-order valence-electron chi connectivity index (χ4n) is 4.98. The molecule has 0 unspecified atom stereocenters. The first-order valence-electron chi connectivity index (χ1n) is 13.7. The van der Waals surface area contributed by atoms with Crippen LogP contribution in [0.15, 0.2) is 66.7 Å². The Hall–Kier alpha value is -3.02. The Kier molecular flexibility index (Phi) is 11.5. The van der Waals surface area contributed by atoms with E-state index in [0.29, 0.717) is 37.4 Å². The molecule has 4 rings (SSSR count). The molecule has 41 heavy (non-hydrogen) atoms. The van der Waals surface area contributed by atoms with Gasteiger partial charge in [-0.25, -0.2) is 0 Å². The highest BCUT2D eigenvalue weighted by Crippen LogP contribution is 2.45. The van der Waals surface area contributed by atoms with Gasteiger partial charge in [-0.05, 0) is 58.7 Å². The van der Waals surface area contributed by atoms with E-state index in [1.807, 2.05) is 31.2 Å². The van der Waals surface area contributed by atoms with Crippen LogP contribution in [0, 0.1) is 0 Å². The largest absolute Gasteiger partial charge is 0.500 e. The van der Waals surface area contributed by atoms with Gasteiger partial charge in [0.1, 0.15) is 11.5 Å². The molecule has 0 aliphatic carbocycles. The average Bonchev–Trinajstić information content (AvgIpc) is 3.01. The summed E-state index contributed by atoms with van der Waals surface area (Å²) < 4.78 is 45.6. The number of ether oxygens (including phenoxy) is 5. The van der Waals surface area contributed by atoms with Crippen LogP contribution in [0.1, 0.15) is 18.9 Å². The Morgan fingerprint density at radius 1 is 0.683 bits per heavy atom. The molecule has 4 aromatic rings. The summed E-state index contributed by atoms with van der Waals surface area (Å²) in [7, 11) is 3.90. The normalized spacial score (nSPS) is 11.8. The van der Waals surface area contributed by atoms with E-state index in [2.05, 4.69) is 42.5 Å². The summed E-state index contributed by atoms with van der Waals surface area (Å²) in [6.45, 7) is 3.84. The molecule has 220 valence electrons. The highest BCUT2D eigenvalue weighted by atomic mass is 28.4. The van der Waals surface area contributed by atoms with E-state index in [1.165, 1.54) is 0 Å². The molecule has 0 saturated heterocycles. The molecule has 0 N–H and O–H groups in total. The summed E-state index contributed by atoms with van der Waals surface area (Å²) >= 11 is 0. The summed E-state index contributed by atoms with van der Waals surface area (Å²) in [5.74, 6) is 1.42. The van der Waals surface area contributed by atoms with Crippen molar-refractivity contribution in [3.8, 4) is 22.6 Å². The zero-order valence-electron chi connectivity index (χ0n) is 24.6. The SMILES string of the molecule is CCO[Si](CCCOCc1ccc2c(-c3c(OCOC)ccc4ccccc34)c(OCOC)ccc2c1)(OC)OC. The van der Waals surface area contributed by atoms with Crippen molar-refractivity contribution in [2.75, 3.05) is 55.2 Å². The molecule has 8 nitrogen and oxygen atoms in total. The number of fused-ring (bicyclic) bond motifs is 2. The van der Waals surface area contributed by atoms with Crippen LogP contribution in [0.5, 0.6) is 11.5 Å². The van der Waals surface area contributed by atoms with Crippen LogP contribution < -0.4 is 9.47 Å². The number of benzene rings is 4. The molecule has 0 aliphatic rings. The summed E-state index contributed by atoms with van der Waals surface area (Å²) in [4.78, 5) is 0. The van der Waals surface area contributed by atoms with Gasteiger partial charge in [-0.1, -0.05) is 48.5 Å². The third kappa shape index (κ3) is 7.44. The van der Waals surface area contributed by atoms with E-state index in [4.69, 9.17) is 37.0 Å². The molecule has 4 aromatic carbocycles. The van der Waals surface area contributed by atoms with Gasteiger partial charge in [0.2, 0.25) is 0 Å². The summed E-state index contributed by atoms with van der Waals surface area (Å²) in [5.41, 5.74) is 2.96. The molecule has 0 spiro atoms. The van der Waals surface area contributed by atoms with Gasteiger partial charge in [-0.3, -0.25) is 0 Å². The Morgan fingerprint density at radius 3 is 1.95 bits per heavy atom. The highest BCUT2D eigenvalue weighted by molar-refractivity contribution is 6.60. The van der Waals surface area contributed by atoms with Crippen LogP contribution in [0.25, 0.3) is 32.7 Å². The van der Waals surface area contributed by atoms with Crippen LogP contribution in [0.2, 0.25) is 6.04 Å². The van der Waals surface area contributed by atoms with Gasteiger partial charge >= 0.3 is 8.80 Å². The van der Waals surface area contributed by atoms with Gasteiger partial charge in [0, 0.05) is 58.8 Å². The van der Waals surface area contributed by atoms with Crippen molar-refractivity contribution >= 4 is 30.3 Å². The number of methoxy groups -OCH3 is 2. The number of hydrogen-bond acceptors (Lipinski definition) is 8. The van der Waals surface area contributed by atoms with Gasteiger partial charge in [0.25, 0.3) is 0 Å². The third-order valence-electron chi connectivity index (χ3n) is 6.88. The van der Waals surface area contributed by atoms with Crippen LogP contribution in [0.3, 0.4) is 0 Å². The van der Waals surface area contributed by atoms with E-state index < -0.39 is 8.80 Å². The van der Waals surface area contributed by atoms with Gasteiger partial charge in [-0.15, -0.1) is 0 Å². The lowest BCUT2D eigenvalue weighted by Crippen LogP contribution is -2.43. The molecule has 0 heterocycles. The predicted octanol–water partition coefficient (Wildman–Crippen LogP) is 6.80. The molecule has 9 heteroatoms. The second kappa shape index (κ2) is 15.3. The predicted molar refractivity (Wildman–Crippen MR) is 162 cm³/mol. The standard InChI is InChI=1S/C32H40O8Si/c1-6-40-41(35-4,36-5)19-9-18-37-21-24-12-15-28-26(20-24)14-17-30(39-23-34-3)32(28)31-27-11-8-7-10-25(27)13-16-29(31)38-22-33-2/h7-8,10-17,20H,6,9,18-19,21-23H2,1-5H3. The molecule has 0 radical (unpaired) electrons. The Bertz CT molecular complexity index is 1410. The molecule has 0 bridgehead atoms. The molecule has 0 amide bonds. The lowest BCUT2D eigenvalue weighted by molar-refractivity contribution is 0.0502. The second-order valence-corrected chi connectivity index (χ2v) is 12.4. The van der Waals surface area contributed by atoms with Crippen LogP contribution in [0.4, 0.5) is 0 Å². The van der Waals surface area contributed by atoms with Crippen LogP contribution in [-0.2, 0) is 34.1 Å². The van der Waals surface area contributed by atoms with Crippen molar-refractivity contribution in [1.29, 1.82) is 0 Å². The van der Waals surface area contributed by atoms with Crippen molar-refractivity contribution < 1.29 is 37.0 Å². The zero-order valence-corrected chi connectivity index (χ0v) is 25.6. The first-order valence-corrected chi connectivity index (χ1v) is 15.7. The van der Waals surface area contributed by atoms with E-state index in [0.717, 1.165) is 44.7 Å². The molecular formula is C32H40O8Si. The monoisotopic (exact) mass is 580 g/mol. The molecule has 0 saturated carbocycles. The van der Waals surface area contributed by atoms with E-state index in [9.17, 15) is 0 Å². The zero-order chi connectivity index (χ0) is 29.1. The Balaban J connectivity index is 1.65. The first kappa shape index (κ1) is 30.9. The van der Waals surface area contributed by atoms with Crippen molar-refractivity contribution in [3.05, 3.63) is 72.3 Å². The quantitative estimate of drug-likeness (QED) is 0.0767. The van der Waals surface area contributed by atoms with Crippen LogP contribution >= 0.6 is 0 Å². The molecule has 0 atom stereocenters. The maximum Gasteiger partial charge on any atom is 0.500 e. The second-order valence-electron chi connectivity index (χ2n) is 9.44. The topological polar surface area (TPSA) is 73.8 Å². The van der Waals surface area contributed by atoms with Crippen molar-refractivity contribution in [2.24, 2.45) is 0 Å². The summed E-state index contributed by atoms with van der Waals surface area (Å²) in [6.07, 6.45) is 0.789. The molecule has 0 aromatic heterocycles. The average molecular weight is 581 g/mol. The summed E-state index contributed by atoms with van der Waals surface area (Å²) in [6, 6.07) is 23.4. The Morgan fingerprint density at radius 2 is 1.32 bits per heavy atom. The fourth-order valence-corrected chi connectivity index (χ4v) is 6.95. The number of rotatable bonds is 17. The maximum absolute atomic E-state index is 6.08. The minimum Gasteiger partial charge on any atom is -0.467 e. The molecular weight excluding hydrogens is 540 g/mol. The van der Waals surface area contributed by atoms with E-state index in [1.54, 1.807) is 28.4 Å². The van der Waals surface area contributed by atoms with Gasteiger partial charge < -0.3 is 37.0 Å². The lowest BCUT2D eigenvalue weighted by atomic mass is 9.91. The van der Waals surface area contributed by atoms with Crippen molar-refractivity contribution in [1.82, 2.24) is 0 Å². The highest BCUT2D eigenvalue weighted by Gasteiger charge is 2.37. The number of hydrogen-bond donors (Lipinski definition) is 0. The minimum atomic E-state index is -2.61. The fraction of sp³-hybridized carbons (Fsp3) is 0.375. The Labute approximate surface area is 243 Å². The summed E-state index contributed by atoms with van der Waals surface area (Å²) in [5, 5.41) is 4.26. The lowest BCUT2D eigenvalue weighted by Gasteiger charge is -2.25. The minimum absolute atomic E-state index is 0.128. The smallest absolute Gasteiger partial charge is 0.467 e. The van der Waals surface area contributed by atoms with Gasteiger partial charge in [0.05, 0.1) is 6.61 Å². The maximum atomic E-state index is 6.08. The van der Waals surface area contributed by atoms with E-state index in [-0.39, 0.29) is 13.6 Å². The first-order chi connectivity index (χ1) is 20.1. The van der Waals surface area contributed by atoms with Gasteiger partial charge in [0.15, 0.2) is 13.6 Å². The van der Waals surface area contributed by atoms with Crippen molar-refractivity contribution in [3.63, 3.8) is 0 Å².